The van der Waals surface area contributed by atoms with Crippen molar-refractivity contribution in [2.75, 3.05) is 20.2 Å². The van der Waals surface area contributed by atoms with Crippen LogP contribution in [0.4, 0.5) is 9.18 Å². The highest BCUT2D eigenvalue weighted by atomic mass is 127. The maximum Gasteiger partial charge on any atom is 0.406 e. The molecule has 0 unspecified atom stereocenters. The van der Waals surface area contributed by atoms with Crippen LogP contribution < -0.4 is 10.5 Å². The number of likely N-dealkylation sites (tertiary alicyclic amines) is 1. The number of nitrogens with zero attached hydrogens (tertiary/aromatic N) is 1. The molecule has 0 aromatic heterocycles. The number of ether oxygens (including phenoxy) is 2. The third kappa shape index (κ3) is 5.96. The van der Waals surface area contributed by atoms with Crippen LogP contribution in [-0.4, -0.2) is 40.7 Å². The van der Waals surface area contributed by atoms with E-state index in [1.165, 1.54) is 12.1 Å². The first-order valence-electron chi connectivity index (χ1n) is 11.1. The highest BCUT2D eigenvalue weighted by molar-refractivity contribution is 14.1. The average molecular weight is 568 g/mol. The van der Waals surface area contributed by atoms with Crippen molar-refractivity contribution in [1.82, 2.24) is 4.90 Å². The number of primary amides is 1. The normalized spacial score (nSPS) is 16.4. The molecule has 0 bridgehead atoms. The first-order valence-corrected chi connectivity index (χ1v) is 12.1. The summed E-state index contributed by atoms with van der Waals surface area (Å²) in [4.78, 5) is 26.9. The van der Waals surface area contributed by atoms with Gasteiger partial charge in [0.05, 0.1) is 7.11 Å². The molecule has 1 heterocycles. The molecule has 6 nitrogen and oxygen atoms in total. The molecule has 33 heavy (non-hydrogen) atoms. The second-order valence-corrected chi connectivity index (χ2v) is 10.3. The van der Waals surface area contributed by atoms with Crippen molar-refractivity contribution in [3.05, 3.63) is 65.5 Å². The number of methoxy groups -OCH3 is 1. The Hall–Kier alpha value is -2.36. The molecule has 1 aliphatic heterocycles. The van der Waals surface area contributed by atoms with Gasteiger partial charge in [0.1, 0.15) is 11.6 Å². The van der Waals surface area contributed by atoms with E-state index in [0.29, 0.717) is 18.8 Å². The number of unbranched alkanes of at least 4 members (excludes halogenated alkanes) is 2. The zero-order chi connectivity index (χ0) is 24.1. The van der Waals surface area contributed by atoms with Crippen LogP contribution in [0, 0.1) is 5.82 Å². The number of alkyl halides is 1. The molecule has 0 radical (unpaired) electrons. The number of amides is 2. The third-order valence-corrected chi connectivity index (χ3v) is 7.23. The van der Waals surface area contributed by atoms with Gasteiger partial charge in [-0.25, -0.2) is 9.18 Å². The number of carbonyl (C=O) groups is 2. The lowest BCUT2D eigenvalue weighted by molar-refractivity contribution is -0.150. The van der Waals surface area contributed by atoms with Gasteiger partial charge in [-0.15, -0.1) is 0 Å². The van der Waals surface area contributed by atoms with Gasteiger partial charge in [-0.1, -0.05) is 50.5 Å². The largest absolute Gasteiger partial charge is 0.497 e. The van der Waals surface area contributed by atoms with Crippen LogP contribution in [0.25, 0.3) is 0 Å². The Bertz CT molecular complexity index is 961. The molecule has 3 rings (SSSR count). The van der Waals surface area contributed by atoms with Gasteiger partial charge in [-0.05, 0) is 64.4 Å². The van der Waals surface area contributed by atoms with Crippen molar-refractivity contribution in [3.8, 4) is 5.75 Å². The predicted molar refractivity (Wildman–Crippen MR) is 133 cm³/mol. The first kappa shape index (κ1) is 25.3. The summed E-state index contributed by atoms with van der Waals surface area (Å²) < 4.78 is 22.6. The van der Waals surface area contributed by atoms with Crippen molar-refractivity contribution >= 4 is 34.6 Å². The molecule has 2 N–H and O–H groups in total. The second-order valence-electron chi connectivity index (χ2n) is 8.58. The number of hydrogen-bond acceptors (Lipinski definition) is 4. The van der Waals surface area contributed by atoms with Crippen LogP contribution in [0.5, 0.6) is 5.75 Å². The van der Waals surface area contributed by atoms with Gasteiger partial charge in [-0.2, -0.15) is 0 Å². The van der Waals surface area contributed by atoms with Gasteiger partial charge >= 0.3 is 6.09 Å². The number of benzene rings is 2. The van der Waals surface area contributed by atoms with E-state index in [-0.39, 0.29) is 23.6 Å². The lowest BCUT2D eigenvalue weighted by atomic mass is 9.70. The molecule has 0 aliphatic carbocycles. The molecule has 2 amide bonds. The van der Waals surface area contributed by atoms with Gasteiger partial charge in [-0.3, -0.25) is 4.79 Å². The van der Waals surface area contributed by atoms with Gasteiger partial charge in [0.25, 0.3) is 5.91 Å². The zero-order valence-electron chi connectivity index (χ0n) is 19.0. The summed E-state index contributed by atoms with van der Waals surface area (Å²) in [5.74, 6) is 0.111. The Labute approximate surface area is 207 Å². The molecule has 2 aromatic carbocycles. The quantitative estimate of drug-likeness (QED) is 0.250. The summed E-state index contributed by atoms with van der Waals surface area (Å²) in [6.45, 7) is 3.11. The smallest absolute Gasteiger partial charge is 0.406 e. The Morgan fingerprint density at radius 3 is 2.30 bits per heavy atom. The summed E-state index contributed by atoms with van der Waals surface area (Å²) >= 11 is 1.88. The minimum Gasteiger partial charge on any atom is -0.497 e. The van der Waals surface area contributed by atoms with Crippen molar-refractivity contribution in [3.63, 3.8) is 0 Å². The maximum absolute atomic E-state index is 13.5. The average Bonchev–Trinajstić information content (AvgIpc) is 2.76. The number of nitrogens with two attached hydrogens (primary N) is 1. The van der Waals surface area contributed by atoms with E-state index in [1.54, 1.807) is 36.3 Å². The van der Waals surface area contributed by atoms with Gasteiger partial charge in [0, 0.05) is 24.9 Å². The Balaban J connectivity index is 1.79. The highest BCUT2D eigenvalue weighted by Gasteiger charge is 2.52. The minimum absolute atomic E-state index is 0.176. The molecule has 1 saturated heterocycles. The van der Waals surface area contributed by atoms with Gasteiger partial charge in [0.15, 0.2) is 0 Å². The molecule has 8 heteroatoms. The fourth-order valence-corrected chi connectivity index (χ4v) is 5.39. The molecule has 2 aromatic rings. The fraction of sp³-hybridized carbons (Fsp3) is 0.440. The highest BCUT2D eigenvalue weighted by Crippen LogP contribution is 2.42. The van der Waals surface area contributed by atoms with Crippen molar-refractivity contribution in [2.45, 2.75) is 48.1 Å². The number of halogens is 2. The Morgan fingerprint density at radius 1 is 1.12 bits per heavy atom. The van der Waals surface area contributed by atoms with Crippen molar-refractivity contribution in [1.29, 1.82) is 0 Å². The fourth-order valence-electron chi connectivity index (χ4n) is 4.39. The second kappa shape index (κ2) is 10.7. The van der Waals surface area contributed by atoms with E-state index >= 15 is 0 Å². The van der Waals surface area contributed by atoms with Gasteiger partial charge < -0.3 is 20.1 Å². The molecule has 0 spiro atoms. The summed E-state index contributed by atoms with van der Waals surface area (Å²) in [5.41, 5.74) is 6.92. The van der Waals surface area contributed by atoms with Crippen LogP contribution in [0.3, 0.4) is 0 Å². The predicted octanol–water partition coefficient (Wildman–Crippen LogP) is 4.96. The maximum atomic E-state index is 13.5. The van der Waals surface area contributed by atoms with E-state index in [4.69, 9.17) is 15.2 Å². The lowest BCUT2D eigenvalue weighted by Crippen LogP contribution is -2.65. The molecular weight excluding hydrogens is 538 g/mol. The van der Waals surface area contributed by atoms with Crippen LogP contribution in [0.2, 0.25) is 0 Å². The van der Waals surface area contributed by atoms with Crippen LogP contribution in [0.15, 0.2) is 48.5 Å². The molecule has 1 atom stereocenters. The zero-order valence-corrected chi connectivity index (χ0v) is 21.1. The van der Waals surface area contributed by atoms with Gasteiger partial charge in [0.2, 0.25) is 3.61 Å². The number of rotatable bonds is 10. The molecular formula is C25H30FIN2O4. The topological polar surface area (TPSA) is 81.9 Å². The van der Waals surface area contributed by atoms with E-state index in [9.17, 15) is 14.0 Å². The van der Waals surface area contributed by atoms with E-state index in [1.807, 2.05) is 34.7 Å². The Kier molecular flexibility index (Phi) is 8.20. The summed E-state index contributed by atoms with van der Waals surface area (Å²) in [6, 6.07) is 13.8. The number of carbonyl (C=O) groups excluding carboxylic acids is 2. The van der Waals surface area contributed by atoms with Crippen molar-refractivity contribution < 1.29 is 23.5 Å². The standard InChI is InChI=1S/C25H30FIN2O4/c1-3-4-5-14-24(19-8-10-20(26)11-9-19)16-29(17-24)22(30)25(27,33-23(28)31)15-18-6-12-21(32-2)13-7-18/h6-13H,3-5,14-17H2,1-2H3,(H2,28,31)/t25-/m0/s1. The van der Waals surface area contributed by atoms with Crippen LogP contribution >= 0.6 is 22.6 Å². The first-order chi connectivity index (χ1) is 15.7. The van der Waals surface area contributed by atoms with Crippen LogP contribution in [-0.2, 0) is 21.4 Å². The SMILES string of the molecule is CCCCCC1(c2ccc(F)cc2)CN(C(=O)[C@](I)(Cc2ccc(OC)cc2)OC(N)=O)C1. The van der Waals surface area contributed by atoms with E-state index in [0.717, 1.165) is 36.8 Å². The van der Waals surface area contributed by atoms with E-state index < -0.39 is 9.70 Å². The summed E-state index contributed by atoms with van der Waals surface area (Å²) in [5, 5.41) is 0. The molecule has 1 aliphatic rings. The van der Waals surface area contributed by atoms with Crippen LogP contribution in [0.1, 0.15) is 43.7 Å². The summed E-state index contributed by atoms with van der Waals surface area (Å²) in [7, 11) is 1.58. The monoisotopic (exact) mass is 568 g/mol. The van der Waals surface area contributed by atoms with E-state index in [2.05, 4.69) is 6.92 Å². The minimum atomic E-state index is -1.46. The Morgan fingerprint density at radius 2 is 1.76 bits per heavy atom. The molecule has 1 fully saturated rings. The molecule has 0 saturated carbocycles. The number of hydrogen-bond donors (Lipinski definition) is 1. The summed E-state index contributed by atoms with van der Waals surface area (Å²) in [6.07, 6.45) is 3.28. The van der Waals surface area contributed by atoms with Crippen molar-refractivity contribution in [2.24, 2.45) is 5.73 Å². The lowest BCUT2D eigenvalue weighted by Gasteiger charge is -2.52. The third-order valence-electron chi connectivity index (χ3n) is 6.16. The molecule has 178 valence electrons.